The normalized spacial score (nSPS) is 10.0. The molecule has 0 unspecified atom stereocenters. The van der Waals surface area contributed by atoms with E-state index in [1.807, 2.05) is 24.3 Å². The zero-order chi connectivity index (χ0) is 19.5. The fraction of sp³-hybridized carbons (Fsp3) is 0.300. The van der Waals surface area contributed by atoms with Crippen LogP contribution < -0.4 is 19.5 Å². The molecule has 2 rings (SSSR count). The minimum absolute atomic E-state index is 0.277. The van der Waals surface area contributed by atoms with Gasteiger partial charge in [-0.2, -0.15) is 0 Å². The van der Waals surface area contributed by atoms with Crippen LogP contribution in [0.4, 0.5) is 0 Å². The minimum atomic E-state index is -0.620. The number of para-hydroxylation sites is 1. The second kappa shape index (κ2) is 10.7. The van der Waals surface area contributed by atoms with E-state index in [9.17, 15) is 9.59 Å². The molecule has 0 bridgehead atoms. The van der Waals surface area contributed by atoms with Gasteiger partial charge in [0, 0.05) is 6.54 Å². The van der Waals surface area contributed by atoms with Gasteiger partial charge in [-0.3, -0.25) is 4.79 Å². The summed E-state index contributed by atoms with van der Waals surface area (Å²) in [6, 6.07) is 14.4. The Kier molecular flexibility index (Phi) is 7.96. The molecule has 27 heavy (non-hydrogen) atoms. The Morgan fingerprint density at radius 3 is 2.30 bits per heavy atom. The summed E-state index contributed by atoms with van der Waals surface area (Å²) in [5.41, 5.74) is 0.991. The highest BCUT2D eigenvalue weighted by Crippen LogP contribution is 2.17. The van der Waals surface area contributed by atoms with E-state index < -0.39 is 5.97 Å². The molecule has 0 spiro atoms. The van der Waals surface area contributed by atoms with E-state index in [1.165, 1.54) is 0 Å². The summed E-state index contributed by atoms with van der Waals surface area (Å²) >= 11 is 0. The SMILES string of the molecule is COc1ccc(OCC(=O)OCC(=O)NCCc2ccccc2OC)cc1. The van der Waals surface area contributed by atoms with E-state index in [-0.39, 0.29) is 19.1 Å². The lowest BCUT2D eigenvalue weighted by atomic mass is 10.1. The molecule has 144 valence electrons. The Labute approximate surface area is 158 Å². The maximum absolute atomic E-state index is 11.8. The summed E-state index contributed by atoms with van der Waals surface area (Å²) in [7, 11) is 3.17. The van der Waals surface area contributed by atoms with Crippen molar-refractivity contribution < 1.29 is 28.5 Å². The number of carbonyl (C=O) groups is 2. The number of nitrogens with one attached hydrogen (secondary N) is 1. The maximum atomic E-state index is 11.8. The van der Waals surface area contributed by atoms with Crippen molar-refractivity contribution >= 4 is 11.9 Å². The van der Waals surface area contributed by atoms with E-state index in [2.05, 4.69) is 5.32 Å². The molecule has 0 heterocycles. The number of rotatable bonds is 10. The van der Waals surface area contributed by atoms with Crippen LogP contribution in [0, 0.1) is 0 Å². The number of hydrogen-bond acceptors (Lipinski definition) is 6. The average Bonchev–Trinajstić information content (AvgIpc) is 2.71. The molecular weight excluding hydrogens is 350 g/mol. The van der Waals surface area contributed by atoms with Gasteiger partial charge in [-0.15, -0.1) is 0 Å². The highest BCUT2D eigenvalue weighted by molar-refractivity contribution is 5.80. The smallest absolute Gasteiger partial charge is 0.344 e. The Morgan fingerprint density at radius 2 is 1.59 bits per heavy atom. The molecule has 1 N–H and O–H groups in total. The van der Waals surface area contributed by atoms with Crippen LogP contribution in [-0.2, 0) is 20.7 Å². The first-order valence-corrected chi connectivity index (χ1v) is 8.43. The third-order valence-corrected chi connectivity index (χ3v) is 3.69. The van der Waals surface area contributed by atoms with Crippen molar-refractivity contribution in [3.8, 4) is 17.2 Å². The first kappa shape index (κ1) is 20.1. The average molecular weight is 373 g/mol. The molecule has 0 aliphatic carbocycles. The Hall–Kier alpha value is -3.22. The van der Waals surface area contributed by atoms with Gasteiger partial charge in [0.15, 0.2) is 13.2 Å². The highest BCUT2D eigenvalue weighted by atomic mass is 16.6. The molecule has 1 amide bonds. The van der Waals surface area contributed by atoms with E-state index >= 15 is 0 Å². The summed E-state index contributed by atoms with van der Waals surface area (Å²) < 4.78 is 20.5. The molecule has 0 saturated heterocycles. The lowest BCUT2D eigenvalue weighted by Crippen LogP contribution is -2.31. The Morgan fingerprint density at radius 1 is 0.889 bits per heavy atom. The molecule has 0 radical (unpaired) electrons. The van der Waals surface area contributed by atoms with Gasteiger partial charge in [0.05, 0.1) is 14.2 Å². The number of ether oxygens (including phenoxy) is 4. The fourth-order valence-electron chi connectivity index (χ4n) is 2.30. The van der Waals surface area contributed by atoms with Gasteiger partial charge < -0.3 is 24.3 Å². The van der Waals surface area contributed by atoms with E-state index in [0.29, 0.717) is 24.5 Å². The van der Waals surface area contributed by atoms with Gasteiger partial charge in [-0.25, -0.2) is 4.79 Å². The predicted molar refractivity (Wildman–Crippen MR) is 99.2 cm³/mol. The number of hydrogen-bond donors (Lipinski definition) is 1. The molecule has 0 fully saturated rings. The van der Waals surface area contributed by atoms with Crippen LogP contribution in [0.15, 0.2) is 48.5 Å². The van der Waals surface area contributed by atoms with E-state index in [1.54, 1.807) is 38.5 Å². The summed E-state index contributed by atoms with van der Waals surface area (Å²) in [4.78, 5) is 23.4. The summed E-state index contributed by atoms with van der Waals surface area (Å²) in [6.07, 6.45) is 0.615. The van der Waals surface area contributed by atoms with Crippen LogP contribution in [0.5, 0.6) is 17.2 Å². The molecular formula is C20H23NO6. The molecule has 7 heteroatoms. The molecule has 0 saturated carbocycles. The number of amides is 1. The van der Waals surface area contributed by atoms with Gasteiger partial charge >= 0.3 is 5.97 Å². The first-order chi connectivity index (χ1) is 13.1. The van der Waals surface area contributed by atoms with Crippen LogP contribution in [0.25, 0.3) is 0 Å². The second-order valence-electron chi connectivity index (χ2n) is 5.54. The van der Waals surface area contributed by atoms with Gasteiger partial charge in [0.25, 0.3) is 5.91 Å². The molecule has 2 aromatic carbocycles. The molecule has 0 aliphatic rings. The highest BCUT2D eigenvalue weighted by Gasteiger charge is 2.09. The molecule has 2 aromatic rings. The first-order valence-electron chi connectivity index (χ1n) is 8.43. The van der Waals surface area contributed by atoms with Gasteiger partial charge in [-0.1, -0.05) is 18.2 Å². The lowest BCUT2D eigenvalue weighted by Gasteiger charge is -2.10. The Balaban J connectivity index is 1.63. The van der Waals surface area contributed by atoms with Gasteiger partial charge in [0.2, 0.25) is 0 Å². The topological polar surface area (TPSA) is 83.1 Å². The zero-order valence-electron chi connectivity index (χ0n) is 15.4. The van der Waals surface area contributed by atoms with Gasteiger partial charge in [-0.05, 0) is 42.3 Å². The van der Waals surface area contributed by atoms with Crippen LogP contribution in [0.1, 0.15) is 5.56 Å². The van der Waals surface area contributed by atoms with Crippen LogP contribution in [0.3, 0.4) is 0 Å². The molecule has 0 aromatic heterocycles. The van der Waals surface area contributed by atoms with E-state index in [4.69, 9.17) is 18.9 Å². The minimum Gasteiger partial charge on any atom is -0.497 e. The van der Waals surface area contributed by atoms with Crippen LogP contribution >= 0.6 is 0 Å². The number of methoxy groups -OCH3 is 2. The summed E-state index contributed by atoms with van der Waals surface area (Å²) in [6.45, 7) is -0.212. The van der Waals surface area contributed by atoms with Crippen molar-refractivity contribution in [3.05, 3.63) is 54.1 Å². The maximum Gasteiger partial charge on any atom is 0.344 e. The van der Waals surface area contributed by atoms with Crippen molar-refractivity contribution in [1.29, 1.82) is 0 Å². The standard InChI is InChI=1S/C20H23NO6/c1-24-16-7-9-17(10-8-16)26-14-20(23)27-13-19(22)21-12-11-15-5-3-4-6-18(15)25-2/h3-10H,11-14H2,1-2H3,(H,21,22). The van der Waals surface area contributed by atoms with Crippen LogP contribution in [0.2, 0.25) is 0 Å². The van der Waals surface area contributed by atoms with Gasteiger partial charge in [0.1, 0.15) is 17.2 Å². The zero-order valence-corrected chi connectivity index (χ0v) is 15.4. The quantitative estimate of drug-likeness (QED) is 0.641. The van der Waals surface area contributed by atoms with E-state index in [0.717, 1.165) is 11.3 Å². The monoisotopic (exact) mass is 373 g/mol. The number of carbonyl (C=O) groups excluding carboxylic acids is 2. The number of benzene rings is 2. The van der Waals surface area contributed by atoms with Crippen molar-refractivity contribution in [1.82, 2.24) is 5.32 Å². The molecule has 7 nitrogen and oxygen atoms in total. The molecule has 0 atom stereocenters. The Bertz CT molecular complexity index is 744. The second-order valence-corrected chi connectivity index (χ2v) is 5.54. The summed E-state index contributed by atoms with van der Waals surface area (Å²) in [5.74, 6) is 0.978. The van der Waals surface area contributed by atoms with Crippen molar-refractivity contribution in [2.45, 2.75) is 6.42 Å². The van der Waals surface area contributed by atoms with Crippen molar-refractivity contribution in [2.75, 3.05) is 34.0 Å². The summed E-state index contributed by atoms with van der Waals surface area (Å²) in [5, 5.41) is 2.70. The van der Waals surface area contributed by atoms with Crippen molar-refractivity contribution in [3.63, 3.8) is 0 Å². The largest absolute Gasteiger partial charge is 0.497 e. The predicted octanol–water partition coefficient (Wildman–Crippen LogP) is 1.98. The lowest BCUT2D eigenvalue weighted by molar-refractivity contribution is -0.150. The van der Waals surface area contributed by atoms with Crippen LogP contribution in [-0.4, -0.2) is 45.9 Å². The number of esters is 1. The third kappa shape index (κ3) is 6.89. The third-order valence-electron chi connectivity index (χ3n) is 3.69. The van der Waals surface area contributed by atoms with Crippen molar-refractivity contribution in [2.24, 2.45) is 0 Å². The molecule has 0 aliphatic heterocycles. The fourth-order valence-corrected chi connectivity index (χ4v) is 2.30.